The summed E-state index contributed by atoms with van der Waals surface area (Å²) in [4.78, 5) is 11.5. The molecule has 0 bridgehead atoms. The predicted molar refractivity (Wildman–Crippen MR) is 58.0 cm³/mol. The second-order valence-electron chi connectivity index (χ2n) is 3.84. The van der Waals surface area contributed by atoms with Crippen molar-refractivity contribution < 1.29 is 4.79 Å². The number of benzene rings is 1. The number of hydrogen-bond acceptors (Lipinski definition) is 4. The molecule has 0 fully saturated rings. The van der Waals surface area contributed by atoms with Gasteiger partial charge in [-0.1, -0.05) is 12.1 Å². The van der Waals surface area contributed by atoms with Gasteiger partial charge in [0.15, 0.2) is 5.78 Å². The zero-order chi connectivity index (χ0) is 10.3. The van der Waals surface area contributed by atoms with Gasteiger partial charge in [0, 0.05) is 23.2 Å². The molecule has 0 saturated carbocycles. The number of nitrogens with zero attached hydrogens (tertiary/aromatic N) is 1. The van der Waals surface area contributed by atoms with Crippen LogP contribution in [0.4, 0.5) is 5.69 Å². The summed E-state index contributed by atoms with van der Waals surface area (Å²) in [6, 6.07) is 6.04. The summed E-state index contributed by atoms with van der Waals surface area (Å²) < 4.78 is 0. The number of rotatable bonds is 0. The summed E-state index contributed by atoms with van der Waals surface area (Å²) in [6.07, 6.45) is 2.31. The molecule has 15 heavy (non-hydrogen) atoms. The molecule has 3 rings (SSSR count). The van der Waals surface area contributed by atoms with Gasteiger partial charge in [0.25, 0.3) is 0 Å². The third kappa shape index (κ3) is 1.29. The lowest BCUT2D eigenvalue weighted by Crippen LogP contribution is -2.23. The molecule has 2 aliphatic heterocycles. The quantitative estimate of drug-likeness (QED) is 0.659. The summed E-state index contributed by atoms with van der Waals surface area (Å²) in [7, 11) is 0. The number of hydrogen-bond donors (Lipinski definition) is 2. The van der Waals surface area contributed by atoms with Crippen LogP contribution in [0.1, 0.15) is 23.6 Å². The lowest BCUT2D eigenvalue weighted by molar-refractivity contribution is -0.117. The smallest absolute Gasteiger partial charge is 0.154 e. The monoisotopic (exact) mass is 201 g/mol. The molecule has 4 nitrogen and oxygen atoms in total. The highest BCUT2D eigenvalue weighted by Crippen LogP contribution is 2.32. The summed E-state index contributed by atoms with van der Waals surface area (Å²) >= 11 is 0. The Bertz CT molecular complexity index is 453. The van der Waals surface area contributed by atoms with Crippen LogP contribution in [0.25, 0.3) is 0 Å². The van der Waals surface area contributed by atoms with E-state index in [4.69, 9.17) is 0 Å². The van der Waals surface area contributed by atoms with Crippen LogP contribution in [0, 0.1) is 0 Å². The maximum absolute atomic E-state index is 11.5. The first-order valence-corrected chi connectivity index (χ1v) is 5.01. The molecule has 0 radical (unpaired) electrons. The molecule has 2 aliphatic rings. The molecule has 2 N–H and O–H groups in total. The molecular weight excluding hydrogens is 190 g/mol. The highest BCUT2D eigenvalue weighted by Gasteiger charge is 2.26. The molecule has 0 aliphatic carbocycles. The Morgan fingerprint density at radius 2 is 2.33 bits per heavy atom. The van der Waals surface area contributed by atoms with Crippen molar-refractivity contribution in [3.8, 4) is 0 Å². The number of carbonyl (C=O) groups excluding carboxylic acids is 1. The molecule has 0 amide bonds. The summed E-state index contributed by atoms with van der Waals surface area (Å²) in [5.74, 6) is 0.215. The lowest BCUT2D eigenvalue weighted by Gasteiger charge is -2.22. The SMILES string of the molecule is O=C1CNc2cccc3c2C(C1)NN=C3. The number of ketones is 1. The first-order chi connectivity index (χ1) is 7.34. The van der Waals surface area contributed by atoms with Gasteiger partial charge in [0.2, 0.25) is 0 Å². The van der Waals surface area contributed by atoms with Gasteiger partial charge in [-0.25, -0.2) is 0 Å². The van der Waals surface area contributed by atoms with E-state index in [2.05, 4.69) is 15.8 Å². The minimum atomic E-state index is 0.0312. The van der Waals surface area contributed by atoms with Gasteiger partial charge in [-0.05, 0) is 6.07 Å². The Morgan fingerprint density at radius 1 is 1.40 bits per heavy atom. The van der Waals surface area contributed by atoms with Gasteiger partial charge in [0.05, 0.1) is 18.8 Å². The fourth-order valence-electron chi connectivity index (χ4n) is 2.14. The molecule has 0 saturated heterocycles. The van der Waals surface area contributed by atoms with E-state index in [0.717, 1.165) is 11.3 Å². The first-order valence-electron chi connectivity index (χ1n) is 5.01. The van der Waals surface area contributed by atoms with Gasteiger partial charge < -0.3 is 10.7 Å². The van der Waals surface area contributed by atoms with Gasteiger partial charge in [0.1, 0.15) is 0 Å². The van der Waals surface area contributed by atoms with E-state index in [1.54, 1.807) is 6.21 Å². The zero-order valence-electron chi connectivity index (χ0n) is 8.16. The Hall–Kier alpha value is -1.84. The Morgan fingerprint density at radius 3 is 3.27 bits per heavy atom. The average Bonchev–Trinajstić information content (AvgIpc) is 2.41. The number of hydrazone groups is 1. The van der Waals surface area contributed by atoms with Crippen molar-refractivity contribution >= 4 is 17.7 Å². The first kappa shape index (κ1) is 8.47. The fraction of sp³-hybridized carbons (Fsp3) is 0.273. The van der Waals surface area contributed by atoms with E-state index in [0.29, 0.717) is 13.0 Å². The molecule has 1 atom stereocenters. The van der Waals surface area contributed by atoms with Crippen LogP contribution in [-0.4, -0.2) is 18.5 Å². The van der Waals surface area contributed by atoms with Crippen LogP contribution in [0.2, 0.25) is 0 Å². The van der Waals surface area contributed by atoms with E-state index in [1.807, 2.05) is 18.2 Å². The third-order valence-electron chi connectivity index (χ3n) is 2.83. The molecule has 4 heteroatoms. The maximum Gasteiger partial charge on any atom is 0.154 e. The molecule has 1 unspecified atom stereocenters. The van der Waals surface area contributed by atoms with Crippen molar-refractivity contribution in [2.75, 3.05) is 11.9 Å². The van der Waals surface area contributed by atoms with Crippen LogP contribution in [0.15, 0.2) is 23.3 Å². The molecule has 76 valence electrons. The van der Waals surface area contributed by atoms with Crippen LogP contribution < -0.4 is 10.7 Å². The van der Waals surface area contributed by atoms with E-state index < -0.39 is 0 Å². The Kier molecular flexibility index (Phi) is 1.74. The second kappa shape index (κ2) is 3.08. The van der Waals surface area contributed by atoms with Gasteiger partial charge >= 0.3 is 0 Å². The van der Waals surface area contributed by atoms with Gasteiger partial charge in [-0.3, -0.25) is 4.79 Å². The van der Waals surface area contributed by atoms with Crippen molar-refractivity contribution in [2.24, 2.45) is 5.10 Å². The number of nitrogens with one attached hydrogen (secondary N) is 2. The third-order valence-corrected chi connectivity index (χ3v) is 2.83. The van der Waals surface area contributed by atoms with E-state index in [-0.39, 0.29) is 11.8 Å². The second-order valence-corrected chi connectivity index (χ2v) is 3.84. The van der Waals surface area contributed by atoms with Crippen LogP contribution in [0.3, 0.4) is 0 Å². The van der Waals surface area contributed by atoms with E-state index in [1.165, 1.54) is 5.56 Å². The van der Waals surface area contributed by atoms with Crippen molar-refractivity contribution in [1.82, 2.24) is 5.43 Å². The average molecular weight is 201 g/mol. The summed E-state index contributed by atoms with van der Waals surface area (Å²) in [5.41, 5.74) is 6.30. The molecular formula is C11H11N3O. The molecule has 1 aromatic carbocycles. The standard InChI is InChI=1S/C11H11N3O/c15-8-4-10-11-7(5-13-14-10)2-1-3-9(11)12-6-8/h1-3,5,10,12,14H,4,6H2. The largest absolute Gasteiger partial charge is 0.378 e. The number of Topliss-reactive ketones (excluding diaryl/α,β-unsaturated/α-hetero) is 1. The van der Waals surface area contributed by atoms with Crippen molar-refractivity contribution in [3.63, 3.8) is 0 Å². The number of carbonyl (C=O) groups is 1. The normalized spacial score (nSPS) is 22.4. The van der Waals surface area contributed by atoms with Crippen LogP contribution in [0.5, 0.6) is 0 Å². The van der Waals surface area contributed by atoms with Gasteiger partial charge in [-0.2, -0.15) is 5.10 Å². The van der Waals surface area contributed by atoms with E-state index >= 15 is 0 Å². The van der Waals surface area contributed by atoms with Crippen LogP contribution in [-0.2, 0) is 4.79 Å². The highest BCUT2D eigenvalue weighted by atomic mass is 16.1. The topological polar surface area (TPSA) is 53.5 Å². The minimum Gasteiger partial charge on any atom is -0.378 e. The summed E-state index contributed by atoms with van der Waals surface area (Å²) in [6.45, 7) is 0.411. The molecule has 1 aromatic rings. The maximum atomic E-state index is 11.5. The molecule has 2 heterocycles. The Labute approximate surface area is 87.4 Å². The van der Waals surface area contributed by atoms with Crippen molar-refractivity contribution in [2.45, 2.75) is 12.5 Å². The minimum absolute atomic E-state index is 0.0312. The predicted octanol–water partition coefficient (Wildman–Crippen LogP) is 1.05. The van der Waals surface area contributed by atoms with Crippen molar-refractivity contribution in [3.05, 3.63) is 29.3 Å². The van der Waals surface area contributed by atoms with E-state index in [9.17, 15) is 4.79 Å². The van der Waals surface area contributed by atoms with Gasteiger partial charge in [-0.15, -0.1) is 0 Å². The van der Waals surface area contributed by atoms with Crippen LogP contribution >= 0.6 is 0 Å². The number of anilines is 1. The van der Waals surface area contributed by atoms with Crippen molar-refractivity contribution in [1.29, 1.82) is 0 Å². The fourth-order valence-corrected chi connectivity index (χ4v) is 2.14. The lowest BCUT2D eigenvalue weighted by atomic mass is 9.96. The summed E-state index contributed by atoms with van der Waals surface area (Å²) in [5, 5.41) is 7.23. The highest BCUT2D eigenvalue weighted by molar-refractivity contribution is 5.91. The zero-order valence-corrected chi connectivity index (χ0v) is 8.16. The Balaban J connectivity index is 2.18. The molecule has 0 aromatic heterocycles. The molecule has 0 spiro atoms.